The first-order valence-electron chi connectivity index (χ1n) is 41.5. The van der Waals surface area contributed by atoms with Crippen LogP contribution in [0, 0.1) is 0 Å². The van der Waals surface area contributed by atoms with Crippen LogP contribution < -0.4 is 0 Å². The van der Waals surface area contributed by atoms with E-state index in [0.29, 0.717) is 25.7 Å². The van der Waals surface area contributed by atoms with Crippen LogP contribution in [0.1, 0.15) is 362 Å². The summed E-state index contributed by atoms with van der Waals surface area (Å²) in [7, 11) is -9.97. The number of allylic oxidation sites excluding steroid dienone is 16. The van der Waals surface area contributed by atoms with Crippen LogP contribution in [0.4, 0.5) is 0 Å². The van der Waals surface area contributed by atoms with E-state index in [9.17, 15) is 43.2 Å². The SMILES string of the molecule is CC/C=C\C/C=C\C/C=C\C/C=C\C/C=C\CCCCCC(=O)OCC(COP(=O)(O)OCC(O)COP(=O)(O)OCC(COC(=O)CCCCCCC/C=C\CCCCCCCC)OC(=O)CCCCCCC/C=C\CCCCCCCC)OC(=O)CCCCCCC/C=C\CCCCCCCC. The smallest absolute Gasteiger partial charge is 0.462 e. The van der Waals surface area contributed by atoms with E-state index in [1.165, 1.54) is 116 Å². The second-order valence-electron chi connectivity index (χ2n) is 27.7. The molecule has 602 valence electrons. The summed E-state index contributed by atoms with van der Waals surface area (Å²) < 4.78 is 68.7. The largest absolute Gasteiger partial charge is 0.472 e. The molecule has 0 aliphatic heterocycles. The highest BCUT2D eigenvalue weighted by Crippen LogP contribution is 2.45. The molecule has 0 aromatic heterocycles. The van der Waals surface area contributed by atoms with Gasteiger partial charge >= 0.3 is 39.5 Å². The molecule has 0 bridgehead atoms. The maximum atomic E-state index is 13.1. The molecule has 0 saturated heterocycles. The van der Waals surface area contributed by atoms with Crippen LogP contribution in [0.25, 0.3) is 0 Å². The van der Waals surface area contributed by atoms with Gasteiger partial charge in [0.25, 0.3) is 0 Å². The monoisotopic (exact) mass is 1510 g/mol. The summed E-state index contributed by atoms with van der Waals surface area (Å²) in [4.78, 5) is 73.1. The van der Waals surface area contributed by atoms with E-state index in [2.05, 4.69) is 125 Å². The number of aliphatic hydroxyl groups excluding tert-OH is 1. The molecule has 0 fully saturated rings. The molecule has 0 spiro atoms. The number of rotatable bonds is 78. The molecule has 0 heterocycles. The third-order valence-electron chi connectivity index (χ3n) is 17.5. The molecule has 0 aliphatic carbocycles. The molecule has 5 unspecified atom stereocenters. The third-order valence-corrected chi connectivity index (χ3v) is 19.4. The van der Waals surface area contributed by atoms with Gasteiger partial charge in [-0.15, -0.1) is 0 Å². The van der Waals surface area contributed by atoms with Crippen molar-refractivity contribution in [2.75, 3.05) is 39.6 Å². The molecule has 0 aliphatic rings. The Morgan fingerprint density at radius 1 is 0.279 bits per heavy atom. The maximum Gasteiger partial charge on any atom is 0.472 e. The van der Waals surface area contributed by atoms with Crippen molar-refractivity contribution in [1.29, 1.82) is 0 Å². The summed E-state index contributed by atoms with van der Waals surface area (Å²) in [6.45, 7) is 4.74. The zero-order valence-corrected chi connectivity index (χ0v) is 67.7. The van der Waals surface area contributed by atoms with Crippen LogP contribution in [-0.2, 0) is 65.4 Å². The summed E-state index contributed by atoms with van der Waals surface area (Å²) in [5.41, 5.74) is 0. The van der Waals surface area contributed by atoms with E-state index in [1.807, 2.05) is 0 Å². The highest BCUT2D eigenvalue weighted by Gasteiger charge is 2.30. The lowest BCUT2D eigenvalue weighted by Gasteiger charge is -2.21. The molecule has 3 N–H and O–H groups in total. The Morgan fingerprint density at radius 3 is 0.788 bits per heavy atom. The van der Waals surface area contributed by atoms with Gasteiger partial charge in [-0.3, -0.25) is 37.3 Å². The van der Waals surface area contributed by atoms with Crippen LogP contribution in [0.5, 0.6) is 0 Å². The predicted octanol–water partition coefficient (Wildman–Crippen LogP) is 24.3. The van der Waals surface area contributed by atoms with Crippen molar-refractivity contribution in [1.82, 2.24) is 0 Å². The number of hydrogen-bond acceptors (Lipinski definition) is 15. The molecule has 0 amide bonds. The summed E-state index contributed by atoms with van der Waals surface area (Å²) >= 11 is 0. The lowest BCUT2D eigenvalue weighted by atomic mass is 10.1. The molecule has 19 heteroatoms. The standard InChI is InChI=1S/C85H150O17P2/c1-5-9-13-17-21-25-29-33-37-38-39-40-44-46-50-54-58-62-66-70-83(88)96-76-81(102-85(90)72-68-64-60-56-52-48-43-36-32-28-24-20-16-12-8-4)78-100-104(93,94)98-74-79(86)73-97-103(91,92)99-77-80(101-84(89)71-67-63-59-55-51-47-42-35-31-27-23-19-15-11-7-3)75-95-82(87)69-65-61-57-53-49-45-41-34-30-26-22-18-14-10-6-2/h9,13,21,25,33-37,39-43,46,50,79-81,86H,5-8,10-12,14-20,22-24,26-32,38,44-45,47-49,51-78H2,1-4H3,(H,91,92)(H,93,94)/b13-9-,25-21-,37-33-,40-39-,41-34-,42-35-,43-36-,50-46-. The molecule has 5 atom stereocenters. The van der Waals surface area contributed by atoms with Gasteiger partial charge in [-0.2, -0.15) is 0 Å². The number of carbonyl (C=O) groups is 4. The van der Waals surface area contributed by atoms with Crippen LogP contribution >= 0.6 is 15.6 Å². The fraction of sp³-hybridized carbons (Fsp3) is 0.765. The number of esters is 4. The van der Waals surface area contributed by atoms with Crippen molar-refractivity contribution in [2.45, 2.75) is 380 Å². The van der Waals surface area contributed by atoms with E-state index in [-0.39, 0.29) is 25.7 Å². The van der Waals surface area contributed by atoms with Crippen molar-refractivity contribution in [3.05, 3.63) is 97.2 Å². The fourth-order valence-corrected chi connectivity index (χ4v) is 12.8. The van der Waals surface area contributed by atoms with Gasteiger partial charge in [-0.1, -0.05) is 285 Å². The molecule has 104 heavy (non-hydrogen) atoms. The van der Waals surface area contributed by atoms with Gasteiger partial charge in [0.05, 0.1) is 26.4 Å². The lowest BCUT2D eigenvalue weighted by Crippen LogP contribution is -2.30. The van der Waals surface area contributed by atoms with Gasteiger partial charge in [0.15, 0.2) is 12.2 Å². The van der Waals surface area contributed by atoms with Crippen LogP contribution in [-0.4, -0.2) is 96.7 Å². The van der Waals surface area contributed by atoms with Crippen molar-refractivity contribution in [3.63, 3.8) is 0 Å². The first-order chi connectivity index (χ1) is 50.7. The van der Waals surface area contributed by atoms with Crippen molar-refractivity contribution >= 4 is 39.5 Å². The molecule has 17 nitrogen and oxygen atoms in total. The summed E-state index contributed by atoms with van der Waals surface area (Å²) in [6.07, 6.45) is 82.3. The number of unbranched alkanes of at least 4 members (excludes halogenated alkanes) is 36. The first kappa shape index (κ1) is 100.0. The van der Waals surface area contributed by atoms with Crippen LogP contribution in [0.3, 0.4) is 0 Å². The van der Waals surface area contributed by atoms with Crippen molar-refractivity contribution < 1.29 is 80.2 Å². The molecule has 0 radical (unpaired) electrons. The molecule has 0 saturated carbocycles. The molecular formula is C85H150O17P2. The van der Waals surface area contributed by atoms with E-state index < -0.39 is 97.5 Å². The number of ether oxygens (including phenoxy) is 4. The molecule has 0 rings (SSSR count). The summed E-state index contributed by atoms with van der Waals surface area (Å²) in [6, 6.07) is 0. The zero-order valence-electron chi connectivity index (χ0n) is 65.9. The lowest BCUT2D eigenvalue weighted by molar-refractivity contribution is -0.161. The Kier molecular flexibility index (Phi) is 74.2. The Labute approximate surface area is 633 Å². The average Bonchev–Trinajstić information content (AvgIpc) is 0.918. The van der Waals surface area contributed by atoms with E-state index >= 15 is 0 Å². The second-order valence-corrected chi connectivity index (χ2v) is 30.6. The van der Waals surface area contributed by atoms with Gasteiger partial charge in [0.1, 0.15) is 19.3 Å². The fourth-order valence-electron chi connectivity index (χ4n) is 11.2. The number of hydrogen-bond donors (Lipinski definition) is 3. The normalized spacial score (nSPS) is 14.3. The number of phosphoric acid groups is 2. The first-order valence-corrected chi connectivity index (χ1v) is 44.5. The average molecular weight is 1510 g/mol. The predicted molar refractivity (Wildman–Crippen MR) is 427 cm³/mol. The Balaban J connectivity index is 5.39. The van der Waals surface area contributed by atoms with Crippen LogP contribution in [0.15, 0.2) is 97.2 Å². The van der Waals surface area contributed by atoms with Gasteiger partial charge in [0, 0.05) is 25.7 Å². The Morgan fingerprint density at radius 2 is 0.500 bits per heavy atom. The highest BCUT2D eigenvalue weighted by atomic mass is 31.2. The van der Waals surface area contributed by atoms with E-state index in [4.69, 9.17) is 37.0 Å². The van der Waals surface area contributed by atoms with E-state index in [0.717, 1.165) is 167 Å². The quantitative estimate of drug-likeness (QED) is 0.0169. The number of carbonyl (C=O) groups excluding carboxylic acids is 4. The summed E-state index contributed by atoms with van der Waals surface area (Å²) in [5, 5.41) is 10.7. The van der Waals surface area contributed by atoms with Crippen molar-refractivity contribution in [2.24, 2.45) is 0 Å². The summed E-state index contributed by atoms with van der Waals surface area (Å²) in [5.74, 6) is -2.22. The zero-order chi connectivity index (χ0) is 76.0. The number of phosphoric ester groups is 2. The minimum Gasteiger partial charge on any atom is -0.462 e. The molecule has 0 aromatic rings. The van der Waals surface area contributed by atoms with Gasteiger partial charge in [-0.05, 0) is 148 Å². The van der Waals surface area contributed by atoms with Crippen molar-refractivity contribution in [3.8, 4) is 0 Å². The molecular weight excluding hydrogens is 1350 g/mol. The Bertz CT molecular complexity index is 2350. The topological polar surface area (TPSA) is 237 Å². The molecule has 0 aromatic carbocycles. The van der Waals surface area contributed by atoms with Gasteiger partial charge < -0.3 is 33.8 Å². The van der Waals surface area contributed by atoms with Gasteiger partial charge in [0.2, 0.25) is 0 Å². The maximum absolute atomic E-state index is 13.1. The van der Waals surface area contributed by atoms with Gasteiger partial charge in [-0.25, -0.2) is 9.13 Å². The third kappa shape index (κ3) is 76.2. The van der Waals surface area contributed by atoms with Crippen LogP contribution in [0.2, 0.25) is 0 Å². The number of aliphatic hydroxyl groups is 1. The second kappa shape index (κ2) is 77.1. The Hall–Kier alpha value is -4.02. The minimum absolute atomic E-state index is 0.0775. The minimum atomic E-state index is -4.99. The van der Waals surface area contributed by atoms with E-state index in [1.54, 1.807) is 0 Å². The highest BCUT2D eigenvalue weighted by molar-refractivity contribution is 7.47.